The first kappa shape index (κ1) is 12.8. The van der Waals surface area contributed by atoms with Crippen molar-refractivity contribution in [1.29, 1.82) is 0 Å². The summed E-state index contributed by atoms with van der Waals surface area (Å²) in [5.41, 5.74) is -0.256. The van der Waals surface area contributed by atoms with Crippen molar-refractivity contribution in [3.8, 4) is 5.75 Å². The topological polar surface area (TPSA) is 83.8 Å². The van der Waals surface area contributed by atoms with E-state index >= 15 is 0 Å². The van der Waals surface area contributed by atoms with E-state index in [1.807, 2.05) is 0 Å². The number of benzene rings is 1. The second kappa shape index (κ2) is 4.29. The predicted molar refractivity (Wildman–Crippen MR) is 49.0 cm³/mol. The molecule has 0 aromatic heterocycles. The molecule has 0 unspecified atom stereocenters. The van der Waals surface area contributed by atoms with Crippen molar-refractivity contribution in [2.45, 2.75) is 6.92 Å². The van der Waals surface area contributed by atoms with E-state index < -0.39 is 31.0 Å². The molecule has 0 atom stereocenters. The van der Waals surface area contributed by atoms with Gasteiger partial charge in [-0.15, -0.1) is 0 Å². The fourth-order valence-electron chi connectivity index (χ4n) is 0.969. The molecule has 0 spiro atoms. The predicted octanol–water partition coefficient (Wildman–Crippen LogP) is 1.64. The van der Waals surface area contributed by atoms with Gasteiger partial charge in [0.05, 0.1) is 0 Å². The van der Waals surface area contributed by atoms with Crippen molar-refractivity contribution >= 4 is 13.6 Å². The van der Waals surface area contributed by atoms with Crippen molar-refractivity contribution in [3.63, 3.8) is 0 Å². The summed E-state index contributed by atoms with van der Waals surface area (Å²) in [5.74, 6) is -4.50. The second-order valence-corrected chi connectivity index (χ2v) is 4.07. The molecule has 0 aliphatic rings. The van der Waals surface area contributed by atoms with Crippen molar-refractivity contribution < 1.29 is 32.5 Å². The fraction of sp³-hybridized carbons (Fsp3) is 0.125. The zero-order valence-corrected chi connectivity index (χ0v) is 8.87. The molecule has 0 aliphatic heterocycles. The maximum absolute atomic E-state index is 13.1. The van der Waals surface area contributed by atoms with Gasteiger partial charge in [-0.05, 0) is 19.1 Å². The first-order valence-electron chi connectivity index (χ1n) is 3.96. The smallest absolute Gasteiger partial charge is 0.398 e. The lowest BCUT2D eigenvalue weighted by molar-refractivity contribution is 0.101. The van der Waals surface area contributed by atoms with Crippen molar-refractivity contribution in [2.24, 2.45) is 0 Å². The average Bonchev–Trinajstić information content (AvgIpc) is 2.09. The van der Waals surface area contributed by atoms with Crippen LogP contribution < -0.4 is 4.52 Å². The van der Waals surface area contributed by atoms with Crippen LogP contribution in [0.5, 0.6) is 5.75 Å². The minimum Gasteiger partial charge on any atom is -0.398 e. The number of hydrogen-bond donors (Lipinski definition) is 2. The molecule has 0 saturated heterocycles. The van der Waals surface area contributed by atoms with E-state index in [-0.39, 0.29) is 5.56 Å². The van der Waals surface area contributed by atoms with Crippen LogP contribution >= 0.6 is 7.82 Å². The summed E-state index contributed by atoms with van der Waals surface area (Å²) in [7, 11) is -5.05. The summed E-state index contributed by atoms with van der Waals surface area (Å²) < 4.78 is 40.5. The van der Waals surface area contributed by atoms with E-state index in [1.165, 1.54) is 0 Å². The van der Waals surface area contributed by atoms with Crippen LogP contribution in [0, 0.1) is 11.6 Å². The Morgan fingerprint density at radius 2 is 1.75 bits per heavy atom. The highest BCUT2D eigenvalue weighted by molar-refractivity contribution is 7.46. The van der Waals surface area contributed by atoms with Crippen LogP contribution in [0.25, 0.3) is 0 Å². The van der Waals surface area contributed by atoms with E-state index in [4.69, 9.17) is 9.79 Å². The van der Waals surface area contributed by atoms with Crippen molar-refractivity contribution in [1.82, 2.24) is 0 Å². The molecule has 88 valence electrons. The highest BCUT2D eigenvalue weighted by Crippen LogP contribution is 2.40. The molecule has 5 nitrogen and oxygen atoms in total. The van der Waals surface area contributed by atoms with Crippen molar-refractivity contribution in [2.75, 3.05) is 0 Å². The van der Waals surface area contributed by atoms with Gasteiger partial charge in [0.25, 0.3) is 0 Å². The molecule has 8 heteroatoms. The zero-order valence-electron chi connectivity index (χ0n) is 7.98. The molecule has 0 fully saturated rings. The molecule has 0 aliphatic carbocycles. The monoisotopic (exact) mass is 252 g/mol. The van der Waals surface area contributed by atoms with Crippen LogP contribution in [0.3, 0.4) is 0 Å². The molecular formula is C8H7F2O5P. The Morgan fingerprint density at radius 3 is 2.06 bits per heavy atom. The number of phosphoric acid groups is 1. The minimum atomic E-state index is -5.05. The standard InChI is InChI=1S/C8H7F2O5P/c1-4(11)5-2-6(9)8(7(10)3-5)15-16(12,13)14/h2-3H,1H3,(H2,12,13,14). The molecule has 2 N–H and O–H groups in total. The summed E-state index contributed by atoms with van der Waals surface area (Å²) in [6, 6.07) is 1.27. The largest absolute Gasteiger partial charge is 0.525 e. The molecule has 0 heterocycles. The molecule has 1 aromatic rings. The number of carbonyl (C=O) groups is 1. The van der Waals surface area contributed by atoms with Crippen LogP contribution in [0.15, 0.2) is 12.1 Å². The average molecular weight is 252 g/mol. The fourth-order valence-corrected chi connectivity index (χ4v) is 1.38. The first-order valence-corrected chi connectivity index (χ1v) is 5.49. The first-order chi connectivity index (χ1) is 7.20. The summed E-state index contributed by atoms with van der Waals surface area (Å²) >= 11 is 0. The van der Waals surface area contributed by atoms with E-state index in [9.17, 15) is 18.1 Å². The lowest BCUT2D eigenvalue weighted by atomic mass is 10.1. The number of ketones is 1. The Balaban J connectivity index is 3.23. The quantitative estimate of drug-likeness (QED) is 0.631. The maximum atomic E-state index is 13.1. The maximum Gasteiger partial charge on any atom is 0.525 e. The summed E-state index contributed by atoms with van der Waals surface area (Å²) in [6.45, 7) is 1.09. The van der Waals surface area contributed by atoms with Gasteiger partial charge in [0.2, 0.25) is 5.75 Å². The van der Waals surface area contributed by atoms with E-state index in [2.05, 4.69) is 4.52 Å². The Hall–Kier alpha value is -1.30. The Kier molecular flexibility index (Phi) is 3.42. The molecular weight excluding hydrogens is 245 g/mol. The van der Waals surface area contributed by atoms with Crippen LogP contribution in [0.2, 0.25) is 0 Å². The van der Waals surface area contributed by atoms with Crippen LogP contribution in [-0.4, -0.2) is 15.6 Å². The third-order valence-corrected chi connectivity index (χ3v) is 2.04. The van der Waals surface area contributed by atoms with Gasteiger partial charge < -0.3 is 4.52 Å². The Bertz CT molecular complexity index is 458. The third-order valence-electron chi connectivity index (χ3n) is 1.62. The Labute approximate surface area is 88.9 Å². The highest BCUT2D eigenvalue weighted by atomic mass is 31.2. The molecule has 0 bridgehead atoms. The molecule has 0 radical (unpaired) electrons. The van der Waals surface area contributed by atoms with Gasteiger partial charge in [-0.1, -0.05) is 0 Å². The number of Topliss-reactive ketones (excluding diaryl/α,β-unsaturated/α-hetero) is 1. The van der Waals surface area contributed by atoms with Gasteiger partial charge in [-0.2, -0.15) is 0 Å². The minimum absolute atomic E-state index is 0.256. The van der Waals surface area contributed by atoms with Gasteiger partial charge in [-0.25, -0.2) is 13.3 Å². The van der Waals surface area contributed by atoms with Crippen molar-refractivity contribution in [3.05, 3.63) is 29.3 Å². The van der Waals surface area contributed by atoms with Gasteiger partial charge in [0.15, 0.2) is 17.4 Å². The summed E-state index contributed by atoms with van der Waals surface area (Å²) in [5, 5.41) is 0. The lowest BCUT2D eigenvalue weighted by Gasteiger charge is -2.09. The van der Waals surface area contributed by atoms with E-state index in [0.717, 1.165) is 6.92 Å². The molecule has 1 rings (SSSR count). The SMILES string of the molecule is CC(=O)c1cc(F)c(OP(=O)(O)O)c(F)c1. The van der Waals surface area contributed by atoms with E-state index in [1.54, 1.807) is 0 Å². The lowest BCUT2D eigenvalue weighted by Crippen LogP contribution is -2.00. The summed E-state index contributed by atoms with van der Waals surface area (Å²) in [6.07, 6.45) is 0. The summed E-state index contributed by atoms with van der Waals surface area (Å²) in [4.78, 5) is 27.6. The normalized spacial score (nSPS) is 11.3. The number of carbonyl (C=O) groups excluding carboxylic acids is 1. The van der Waals surface area contributed by atoms with Crippen LogP contribution in [-0.2, 0) is 4.57 Å². The van der Waals surface area contributed by atoms with Crippen LogP contribution in [0.1, 0.15) is 17.3 Å². The number of halogens is 2. The molecule has 0 saturated carbocycles. The number of hydrogen-bond acceptors (Lipinski definition) is 3. The third kappa shape index (κ3) is 3.10. The Morgan fingerprint density at radius 1 is 1.31 bits per heavy atom. The van der Waals surface area contributed by atoms with Crippen LogP contribution in [0.4, 0.5) is 8.78 Å². The van der Waals surface area contributed by atoms with Gasteiger partial charge in [-0.3, -0.25) is 14.6 Å². The van der Waals surface area contributed by atoms with Gasteiger partial charge in [0.1, 0.15) is 0 Å². The zero-order chi connectivity index (χ0) is 12.5. The number of phosphoric ester groups is 1. The van der Waals surface area contributed by atoms with E-state index in [0.29, 0.717) is 12.1 Å². The molecule has 0 amide bonds. The number of rotatable bonds is 3. The second-order valence-electron chi connectivity index (χ2n) is 2.91. The van der Waals surface area contributed by atoms with Gasteiger partial charge >= 0.3 is 7.82 Å². The molecule has 16 heavy (non-hydrogen) atoms. The van der Waals surface area contributed by atoms with Gasteiger partial charge in [0, 0.05) is 5.56 Å². The highest BCUT2D eigenvalue weighted by Gasteiger charge is 2.23. The molecule has 1 aromatic carbocycles.